The highest BCUT2D eigenvalue weighted by molar-refractivity contribution is 5.91. The van der Waals surface area contributed by atoms with E-state index in [-0.39, 0.29) is 0 Å². The highest BCUT2D eigenvalue weighted by atomic mass is 15.1. The van der Waals surface area contributed by atoms with Gasteiger partial charge in [-0.25, -0.2) is 0 Å². The number of anilines is 3. The molecule has 0 aliphatic rings. The monoisotopic (exact) mass is 675 g/mol. The van der Waals surface area contributed by atoms with Crippen molar-refractivity contribution in [3.63, 3.8) is 0 Å². The molecule has 0 radical (unpaired) electrons. The Morgan fingerprint density at radius 2 is 0.547 bits per heavy atom. The van der Waals surface area contributed by atoms with Crippen LogP contribution < -0.4 is 4.90 Å². The third kappa shape index (κ3) is 6.65. The maximum Gasteiger partial charge on any atom is 0.0462 e. The molecule has 1 nitrogen and oxygen atoms in total. The number of rotatable bonds is 8. The summed E-state index contributed by atoms with van der Waals surface area (Å²) in [6.45, 7) is 0. The van der Waals surface area contributed by atoms with Gasteiger partial charge in [0.1, 0.15) is 0 Å². The van der Waals surface area contributed by atoms with Crippen molar-refractivity contribution in [3.8, 4) is 55.6 Å². The lowest BCUT2D eigenvalue weighted by Crippen LogP contribution is -2.09. The van der Waals surface area contributed by atoms with Gasteiger partial charge in [0.25, 0.3) is 0 Å². The van der Waals surface area contributed by atoms with Crippen LogP contribution in [0.4, 0.5) is 17.1 Å². The van der Waals surface area contributed by atoms with Crippen LogP contribution in [-0.4, -0.2) is 0 Å². The maximum absolute atomic E-state index is 2.33. The zero-order chi connectivity index (χ0) is 35.4. The Hall–Kier alpha value is -6.96. The minimum Gasteiger partial charge on any atom is -0.311 e. The number of nitrogens with zero attached hydrogens (tertiary/aromatic N) is 1. The minimum absolute atomic E-state index is 1.11. The second-order valence-electron chi connectivity index (χ2n) is 13.4. The van der Waals surface area contributed by atoms with Crippen LogP contribution in [0.15, 0.2) is 224 Å². The van der Waals surface area contributed by atoms with E-state index in [1.807, 2.05) is 0 Å². The fraction of sp³-hybridized carbons (Fsp3) is 0. The van der Waals surface area contributed by atoms with Crippen molar-refractivity contribution in [2.75, 3.05) is 4.90 Å². The van der Waals surface area contributed by atoms with Crippen LogP contribution in [0, 0.1) is 0 Å². The number of hydrogen-bond acceptors (Lipinski definition) is 1. The fourth-order valence-electron chi connectivity index (χ4n) is 7.32. The van der Waals surface area contributed by atoms with E-state index in [2.05, 4.69) is 229 Å². The molecule has 9 rings (SSSR count). The Labute approximate surface area is 311 Å². The quantitative estimate of drug-likeness (QED) is 0.155. The average molecular weight is 676 g/mol. The van der Waals surface area contributed by atoms with Gasteiger partial charge in [0.15, 0.2) is 0 Å². The summed E-state index contributed by atoms with van der Waals surface area (Å²) in [4.78, 5) is 2.33. The van der Waals surface area contributed by atoms with Crippen LogP contribution in [-0.2, 0) is 0 Å². The molecule has 0 saturated carbocycles. The minimum atomic E-state index is 1.11. The lowest BCUT2D eigenvalue weighted by atomic mass is 9.91. The fourth-order valence-corrected chi connectivity index (χ4v) is 7.32. The second kappa shape index (κ2) is 14.3. The van der Waals surface area contributed by atoms with Crippen molar-refractivity contribution < 1.29 is 0 Å². The lowest BCUT2D eigenvalue weighted by molar-refractivity contribution is 1.28. The van der Waals surface area contributed by atoms with E-state index < -0.39 is 0 Å². The van der Waals surface area contributed by atoms with Gasteiger partial charge < -0.3 is 4.90 Å². The van der Waals surface area contributed by atoms with Gasteiger partial charge in [-0.05, 0) is 121 Å². The molecular formula is C52H37N. The molecular weight excluding hydrogens is 639 g/mol. The topological polar surface area (TPSA) is 3.24 Å². The van der Waals surface area contributed by atoms with Gasteiger partial charge in [-0.1, -0.05) is 170 Å². The largest absolute Gasteiger partial charge is 0.311 e. The van der Waals surface area contributed by atoms with Crippen LogP contribution >= 0.6 is 0 Å². The van der Waals surface area contributed by atoms with Crippen molar-refractivity contribution in [2.24, 2.45) is 0 Å². The molecule has 0 aliphatic carbocycles. The van der Waals surface area contributed by atoms with Crippen molar-refractivity contribution in [2.45, 2.75) is 0 Å². The predicted molar refractivity (Wildman–Crippen MR) is 226 cm³/mol. The summed E-state index contributed by atoms with van der Waals surface area (Å²) in [7, 11) is 0. The first kappa shape index (κ1) is 32.0. The molecule has 0 bridgehead atoms. The molecule has 0 fully saturated rings. The third-order valence-electron chi connectivity index (χ3n) is 10.1. The van der Waals surface area contributed by atoms with E-state index in [0.29, 0.717) is 0 Å². The van der Waals surface area contributed by atoms with Gasteiger partial charge in [-0.15, -0.1) is 0 Å². The lowest BCUT2D eigenvalue weighted by Gasteiger charge is -2.26. The molecule has 1 heteroatoms. The van der Waals surface area contributed by atoms with Crippen LogP contribution in [0.2, 0.25) is 0 Å². The molecule has 0 unspecified atom stereocenters. The van der Waals surface area contributed by atoms with E-state index >= 15 is 0 Å². The summed E-state index contributed by atoms with van der Waals surface area (Å²) in [6, 6.07) is 80.7. The Morgan fingerprint density at radius 3 is 1.04 bits per heavy atom. The van der Waals surface area contributed by atoms with Crippen LogP contribution in [0.5, 0.6) is 0 Å². The highest BCUT2D eigenvalue weighted by Crippen LogP contribution is 2.39. The van der Waals surface area contributed by atoms with Gasteiger partial charge in [0.05, 0.1) is 0 Å². The Kier molecular flexibility index (Phi) is 8.66. The highest BCUT2D eigenvalue weighted by Gasteiger charge is 2.15. The van der Waals surface area contributed by atoms with Crippen molar-refractivity contribution >= 4 is 27.8 Å². The summed E-state index contributed by atoms with van der Waals surface area (Å²) < 4.78 is 0. The van der Waals surface area contributed by atoms with Crippen LogP contribution in [0.1, 0.15) is 0 Å². The van der Waals surface area contributed by atoms with Gasteiger partial charge in [0, 0.05) is 17.1 Å². The van der Waals surface area contributed by atoms with E-state index in [1.54, 1.807) is 0 Å². The summed E-state index contributed by atoms with van der Waals surface area (Å²) in [5.74, 6) is 0. The Morgan fingerprint density at radius 1 is 0.208 bits per heavy atom. The van der Waals surface area contributed by atoms with E-state index in [9.17, 15) is 0 Å². The summed E-state index contributed by atoms with van der Waals surface area (Å²) in [5.41, 5.74) is 15.5. The zero-order valence-corrected chi connectivity index (χ0v) is 29.3. The maximum atomic E-state index is 2.33. The smallest absolute Gasteiger partial charge is 0.0462 e. The Bertz CT molecular complexity index is 2610. The summed E-state index contributed by atoms with van der Waals surface area (Å²) in [5, 5.41) is 2.48. The first-order valence-electron chi connectivity index (χ1n) is 18.2. The van der Waals surface area contributed by atoms with Gasteiger partial charge in [0.2, 0.25) is 0 Å². The van der Waals surface area contributed by atoms with Crippen molar-refractivity contribution in [3.05, 3.63) is 224 Å². The summed E-state index contributed by atoms with van der Waals surface area (Å²) in [6.07, 6.45) is 0. The van der Waals surface area contributed by atoms with Gasteiger partial charge >= 0.3 is 0 Å². The normalized spacial score (nSPS) is 11.0. The predicted octanol–water partition coefficient (Wildman–Crippen LogP) is 14.6. The van der Waals surface area contributed by atoms with Gasteiger partial charge in [-0.2, -0.15) is 0 Å². The van der Waals surface area contributed by atoms with Gasteiger partial charge in [-0.3, -0.25) is 0 Å². The first-order chi connectivity index (χ1) is 26.3. The molecule has 53 heavy (non-hydrogen) atoms. The Balaban J connectivity index is 1.03. The number of para-hydroxylation sites is 1. The van der Waals surface area contributed by atoms with E-state index in [1.165, 1.54) is 66.4 Å². The molecule has 0 saturated heterocycles. The standard InChI is InChI=1S/C52H37N/c1-5-13-38(14-6-1)43-21-23-46-36-44(22-24-45(46)35-43)39-25-30-49(31-26-39)53(48-19-11-4-12-20-48)50-32-27-40(28-33-50)47-29-34-51(41-15-7-2-8-16-41)52(37-47)42-17-9-3-10-18-42/h1-37H. The molecule has 9 aromatic rings. The van der Waals surface area contributed by atoms with Crippen LogP contribution in [0.25, 0.3) is 66.4 Å². The molecule has 0 aromatic heterocycles. The molecule has 0 amide bonds. The number of fused-ring (bicyclic) bond motifs is 1. The average Bonchev–Trinajstić information content (AvgIpc) is 3.25. The van der Waals surface area contributed by atoms with Crippen molar-refractivity contribution in [1.29, 1.82) is 0 Å². The number of benzene rings is 9. The third-order valence-corrected chi connectivity index (χ3v) is 10.1. The SMILES string of the molecule is c1ccc(-c2ccc3cc(-c4ccc(N(c5ccccc5)c5ccc(-c6ccc(-c7ccccc7)c(-c7ccccc7)c6)cc5)cc4)ccc3c2)cc1. The van der Waals surface area contributed by atoms with Crippen LogP contribution in [0.3, 0.4) is 0 Å². The molecule has 0 spiro atoms. The summed E-state index contributed by atoms with van der Waals surface area (Å²) >= 11 is 0. The number of hydrogen-bond donors (Lipinski definition) is 0. The molecule has 0 aliphatic heterocycles. The second-order valence-corrected chi connectivity index (χ2v) is 13.4. The first-order valence-corrected chi connectivity index (χ1v) is 18.2. The molecule has 9 aromatic carbocycles. The zero-order valence-electron chi connectivity index (χ0n) is 29.3. The van der Waals surface area contributed by atoms with E-state index in [4.69, 9.17) is 0 Å². The molecule has 0 atom stereocenters. The molecule has 0 heterocycles. The van der Waals surface area contributed by atoms with E-state index in [0.717, 1.165) is 17.1 Å². The van der Waals surface area contributed by atoms with Crippen molar-refractivity contribution in [1.82, 2.24) is 0 Å². The molecule has 0 N–H and O–H groups in total. The molecule has 250 valence electrons.